The number of anilines is 1. The maximum absolute atomic E-state index is 13.5. The zero-order valence-corrected chi connectivity index (χ0v) is 12.1. The van der Waals surface area contributed by atoms with Crippen LogP contribution in [0.25, 0.3) is 0 Å². The largest absolute Gasteiger partial charge is 0.380 e. The van der Waals surface area contributed by atoms with Gasteiger partial charge in [-0.25, -0.2) is 0 Å². The third-order valence-electron chi connectivity index (χ3n) is 3.61. The molecule has 1 saturated heterocycles. The first-order valence-electron chi connectivity index (χ1n) is 6.77. The molecule has 1 aromatic heterocycles. The Morgan fingerprint density at radius 1 is 1.14 bits per heavy atom. The van der Waals surface area contributed by atoms with Crippen LogP contribution in [0.2, 0.25) is 0 Å². The van der Waals surface area contributed by atoms with E-state index in [4.69, 9.17) is 4.74 Å². The highest BCUT2D eigenvalue weighted by Crippen LogP contribution is 2.35. The standard InChI is InChI=1S/C14H18F4N2O/c1-14(2,3)11-7(4-5-21-11)6-19-10-8(15)12(17)20-13(18)9(10)16/h7,11H,4-6H2,1-3H3,(H,19,20). The number of aromatic nitrogens is 1. The van der Waals surface area contributed by atoms with E-state index in [1.165, 1.54) is 0 Å². The summed E-state index contributed by atoms with van der Waals surface area (Å²) < 4.78 is 58.7. The summed E-state index contributed by atoms with van der Waals surface area (Å²) in [5.41, 5.74) is -0.950. The number of nitrogens with one attached hydrogen (secondary N) is 1. The van der Waals surface area contributed by atoms with Gasteiger partial charge in [0.2, 0.25) is 11.6 Å². The highest BCUT2D eigenvalue weighted by atomic mass is 19.2. The van der Waals surface area contributed by atoms with E-state index in [0.29, 0.717) is 13.0 Å². The summed E-state index contributed by atoms with van der Waals surface area (Å²) in [6.45, 7) is 6.73. The fraction of sp³-hybridized carbons (Fsp3) is 0.643. The van der Waals surface area contributed by atoms with Gasteiger partial charge in [-0.05, 0) is 11.8 Å². The van der Waals surface area contributed by atoms with E-state index in [-0.39, 0.29) is 24.0 Å². The molecule has 1 aliphatic heterocycles. The van der Waals surface area contributed by atoms with E-state index in [2.05, 4.69) is 10.3 Å². The zero-order valence-electron chi connectivity index (χ0n) is 12.1. The van der Waals surface area contributed by atoms with Crippen molar-refractivity contribution in [2.45, 2.75) is 33.3 Å². The summed E-state index contributed by atoms with van der Waals surface area (Å²) in [6, 6.07) is 0. The summed E-state index contributed by atoms with van der Waals surface area (Å²) >= 11 is 0. The molecule has 118 valence electrons. The van der Waals surface area contributed by atoms with Crippen molar-refractivity contribution in [3.8, 4) is 0 Å². The Morgan fingerprint density at radius 3 is 2.24 bits per heavy atom. The van der Waals surface area contributed by atoms with Crippen molar-refractivity contribution in [3.63, 3.8) is 0 Å². The molecule has 1 aromatic rings. The van der Waals surface area contributed by atoms with Crippen LogP contribution in [0.5, 0.6) is 0 Å². The highest BCUT2D eigenvalue weighted by molar-refractivity contribution is 5.45. The van der Waals surface area contributed by atoms with Crippen LogP contribution in [-0.4, -0.2) is 24.2 Å². The van der Waals surface area contributed by atoms with Gasteiger partial charge in [0.05, 0.1) is 6.10 Å². The Balaban J connectivity index is 2.14. The molecule has 1 fully saturated rings. The lowest BCUT2D eigenvalue weighted by Gasteiger charge is -2.31. The molecule has 1 aliphatic rings. The number of halogens is 4. The highest BCUT2D eigenvalue weighted by Gasteiger charge is 2.37. The van der Waals surface area contributed by atoms with E-state index in [9.17, 15) is 17.6 Å². The summed E-state index contributed by atoms with van der Waals surface area (Å²) in [4.78, 5) is 2.52. The van der Waals surface area contributed by atoms with Crippen molar-refractivity contribution in [1.29, 1.82) is 0 Å². The Labute approximate surface area is 120 Å². The van der Waals surface area contributed by atoms with Crippen molar-refractivity contribution >= 4 is 5.69 Å². The van der Waals surface area contributed by atoms with Gasteiger partial charge in [0, 0.05) is 19.1 Å². The maximum Gasteiger partial charge on any atom is 0.253 e. The summed E-state index contributed by atoms with van der Waals surface area (Å²) in [6.07, 6.45) is 0.626. The van der Waals surface area contributed by atoms with Gasteiger partial charge in [0.1, 0.15) is 5.69 Å². The molecule has 2 unspecified atom stereocenters. The number of rotatable bonds is 3. The zero-order chi connectivity index (χ0) is 15.8. The van der Waals surface area contributed by atoms with Gasteiger partial charge in [-0.15, -0.1) is 0 Å². The first-order chi connectivity index (χ1) is 9.71. The normalized spacial score (nSPS) is 22.6. The van der Waals surface area contributed by atoms with Gasteiger partial charge < -0.3 is 10.1 Å². The van der Waals surface area contributed by atoms with Crippen LogP contribution >= 0.6 is 0 Å². The second kappa shape index (κ2) is 5.79. The van der Waals surface area contributed by atoms with Crippen LogP contribution in [0.1, 0.15) is 27.2 Å². The SMILES string of the molecule is CC(C)(C)C1OCCC1CNc1c(F)c(F)nc(F)c1F. The summed E-state index contributed by atoms with van der Waals surface area (Å²) in [5, 5.41) is 2.46. The van der Waals surface area contributed by atoms with Crippen LogP contribution in [0.15, 0.2) is 0 Å². The number of hydrogen-bond acceptors (Lipinski definition) is 3. The Kier molecular flexibility index (Phi) is 4.41. The van der Waals surface area contributed by atoms with E-state index in [1.807, 2.05) is 20.8 Å². The van der Waals surface area contributed by atoms with Crippen molar-refractivity contribution in [1.82, 2.24) is 4.98 Å². The van der Waals surface area contributed by atoms with Crippen LogP contribution < -0.4 is 5.32 Å². The molecule has 21 heavy (non-hydrogen) atoms. The van der Waals surface area contributed by atoms with Gasteiger partial charge >= 0.3 is 0 Å². The second-order valence-corrected chi connectivity index (χ2v) is 6.28. The maximum atomic E-state index is 13.5. The minimum atomic E-state index is -1.66. The minimum Gasteiger partial charge on any atom is -0.380 e. The van der Waals surface area contributed by atoms with E-state index < -0.39 is 29.2 Å². The number of ether oxygens (including phenoxy) is 1. The van der Waals surface area contributed by atoms with Crippen molar-refractivity contribution in [2.24, 2.45) is 11.3 Å². The summed E-state index contributed by atoms with van der Waals surface area (Å²) in [5.74, 6) is -6.35. The quantitative estimate of drug-likeness (QED) is 0.685. The van der Waals surface area contributed by atoms with Crippen molar-refractivity contribution in [2.75, 3.05) is 18.5 Å². The third-order valence-corrected chi connectivity index (χ3v) is 3.61. The molecule has 3 nitrogen and oxygen atoms in total. The van der Waals surface area contributed by atoms with Gasteiger partial charge in [0.15, 0.2) is 0 Å². The lowest BCUT2D eigenvalue weighted by Crippen LogP contribution is -2.35. The minimum absolute atomic E-state index is 0.00286. The van der Waals surface area contributed by atoms with Crippen LogP contribution in [0.3, 0.4) is 0 Å². The Bertz CT molecular complexity index is 504. The second-order valence-electron chi connectivity index (χ2n) is 6.28. The molecule has 0 radical (unpaired) electrons. The topological polar surface area (TPSA) is 34.1 Å². The van der Waals surface area contributed by atoms with E-state index in [0.717, 1.165) is 0 Å². The van der Waals surface area contributed by atoms with Crippen LogP contribution in [-0.2, 0) is 4.74 Å². The summed E-state index contributed by atoms with van der Waals surface area (Å²) in [7, 11) is 0. The van der Waals surface area contributed by atoms with Gasteiger partial charge in [-0.2, -0.15) is 22.5 Å². The molecule has 0 saturated carbocycles. The molecular weight excluding hydrogens is 288 g/mol. The van der Waals surface area contributed by atoms with Gasteiger partial charge in [0.25, 0.3) is 11.9 Å². The lowest BCUT2D eigenvalue weighted by atomic mass is 9.81. The predicted octanol–water partition coefficient (Wildman–Crippen LogP) is 3.50. The number of hydrogen-bond donors (Lipinski definition) is 1. The fourth-order valence-corrected chi connectivity index (χ4v) is 2.68. The first kappa shape index (κ1) is 16.0. The number of pyridine rings is 1. The van der Waals surface area contributed by atoms with E-state index in [1.54, 1.807) is 0 Å². The van der Waals surface area contributed by atoms with Crippen LogP contribution in [0.4, 0.5) is 23.2 Å². The van der Waals surface area contributed by atoms with Crippen LogP contribution in [0, 0.1) is 34.9 Å². The predicted molar refractivity (Wildman–Crippen MR) is 69.9 cm³/mol. The molecule has 7 heteroatoms. The molecule has 2 heterocycles. The molecule has 0 aliphatic carbocycles. The van der Waals surface area contributed by atoms with Crippen molar-refractivity contribution in [3.05, 3.63) is 23.5 Å². The molecule has 0 aromatic carbocycles. The van der Waals surface area contributed by atoms with Gasteiger partial charge in [-0.1, -0.05) is 20.8 Å². The molecule has 0 amide bonds. The number of nitrogens with zero attached hydrogens (tertiary/aromatic N) is 1. The fourth-order valence-electron chi connectivity index (χ4n) is 2.68. The Hall–Kier alpha value is -1.37. The average Bonchev–Trinajstić information content (AvgIpc) is 2.85. The van der Waals surface area contributed by atoms with Crippen molar-refractivity contribution < 1.29 is 22.3 Å². The lowest BCUT2D eigenvalue weighted by molar-refractivity contribution is 0.00955. The smallest absolute Gasteiger partial charge is 0.253 e. The molecule has 2 atom stereocenters. The Morgan fingerprint density at radius 2 is 1.71 bits per heavy atom. The molecule has 0 spiro atoms. The average molecular weight is 306 g/mol. The molecule has 0 bridgehead atoms. The molecule has 1 N–H and O–H groups in total. The van der Waals surface area contributed by atoms with E-state index >= 15 is 0 Å². The van der Waals surface area contributed by atoms with Gasteiger partial charge in [-0.3, -0.25) is 0 Å². The third kappa shape index (κ3) is 3.28. The molecular formula is C14H18F4N2O. The molecule has 2 rings (SSSR count). The first-order valence-corrected chi connectivity index (χ1v) is 6.77. The monoisotopic (exact) mass is 306 g/mol.